The minimum Gasteiger partial charge on any atom is -0.455 e. The van der Waals surface area contributed by atoms with Gasteiger partial charge in [-0.3, -0.25) is 9.55 Å². The molecule has 9 rings (SSSR count). The normalized spacial score (nSPS) is 11.6. The fourth-order valence-electron chi connectivity index (χ4n) is 6.26. The van der Waals surface area contributed by atoms with Crippen molar-refractivity contribution < 1.29 is 4.42 Å². The highest BCUT2D eigenvalue weighted by Gasteiger charge is 2.19. The van der Waals surface area contributed by atoms with Gasteiger partial charge in [-0.1, -0.05) is 97.1 Å². The molecule has 0 spiro atoms. The first-order valence-corrected chi connectivity index (χ1v) is 14.6. The molecule has 0 unspecified atom stereocenters. The number of fused-ring (bicyclic) bond motifs is 7. The number of pyridine rings is 1. The number of hydrogen-bond donors (Lipinski definition) is 0. The zero-order valence-electron chi connectivity index (χ0n) is 23.6. The van der Waals surface area contributed by atoms with Gasteiger partial charge < -0.3 is 4.42 Å². The molecule has 9 aromatic rings. The summed E-state index contributed by atoms with van der Waals surface area (Å²) in [7, 11) is 0. The molecule has 0 bridgehead atoms. The van der Waals surface area contributed by atoms with E-state index in [2.05, 4.69) is 89.5 Å². The molecule has 0 aliphatic rings. The number of furan rings is 1. The molecule has 5 nitrogen and oxygen atoms in total. The van der Waals surface area contributed by atoms with E-state index < -0.39 is 0 Å². The van der Waals surface area contributed by atoms with Crippen molar-refractivity contribution in [1.29, 1.82) is 0 Å². The van der Waals surface area contributed by atoms with Crippen LogP contribution in [0.15, 0.2) is 150 Å². The van der Waals surface area contributed by atoms with E-state index in [1.165, 1.54) is 0 Å². The summed E-state index contributed by atoms with van der Waals surface area (Å²) in [6.07, 6.45) is 3.71. The maximum absolute atomic E-state index is 6.44. The van der Waals surface area contributed by atoms with Gasteiger partial charge in [0.1, 0.15) is 11.2 Å². The first-order chi connectivity index (χ1) is 21.8. The van der Waals surface area contributed by atoms with Gasteiger partial charge in [0.05, 0.1) is 45.9 Å². The molecule has 44 heavy (non-hydrogen) atoms. The van der Waals surface area contributed by atoms with Crippen molar-refractivity contribution in [2.24, 2.45) is 0 Å². The van der Waals surface area contributed by atoms with Crippen LogP contribution in [0.5, 0.6) is 0 Å². The lowest BCUT2D eigenvalue weighted by molar-refractivity contribution is 0.673. The molecule has 0 saturated carbocycles. The fourth-order valence-corrected chi connectivity index (χ4v) is 6.26. The Hall–Kier alpha value is -6.07. The Kier molecular flexibility index (Phi) is 5.43. The summed E-state index contributed by atoms with van der Waals surface area (Å²) in [5, 5.41) is 4.42. The highest BCUT2D eigenvalue weighted by Crippen LogP contribution is 2.40. The zero-order chi connectivity index (χ0) is 29.0. The Morgan fingerprint density at radius 3 is 1.84 bits per heavy atom. The summed E-state index contributed by atoms with van der Waals surface area (Å²) >= 11 is 0. The maximum atomic E-state index is 6.44. The van der Waals surface area contributed by atoms with E-state index >= 15 is 0 Å². The van der Waals surface area contributed by atoms with Crippen LogP contribution >= 0.6 is 0 Å². The van der Waals surface area contributed by atoms with Gasteiger partial charge in [0, 0.05) is 32.8 Å². The Balaban J connectivity index is 1.21. The number of hydrogen-bond acceptors (Lipinski definition) is 4. The van der Waals surface area contributed by atoms with Crippen LogP contribution in [0, 0.1) is 0 Å². The third kappa shape index (κ3) is 3.83. The van der Waals surface area contributed by atoms with Crippen molar-refractivity contribution in [3.63, 3.8) is 0 Å². The van der Waals surface area contributed by atoms with Crippen molar-refractivity contribution in [2.75, 3.05) is 0 Å². The van der Waals surface area contributed by atoms with E-state index in [0.29, 0.717) is 0 Å². The van der Waals surface area contributed by atoms with Crippen LogP contribution in [0.1, 0.15) is 0 Å². The predicted molar refractivity (Wildman–Crippen MR) is 178 cm³/mol. The second-order valence-corrected chi connectivity index (χ2v) is 10.9. The third-order valence-electron chi connectivity index (χ3n) is 8.31. The lowest BCUT2D eigenvalue weighted by atomic mass is 10.0. The van der Waals surface area contributed by atoms with Crippen molar-refractivity contribution in [3.05, 3.63) is 146 Å². The molecule has 0 amide bonds. The molecule has 0 aliphatic heterocycles. The van der Waals surface area contributed by atoms with Gasteiger partial charge in [-0.15, -0.1) is 0 Å². The molecule has 0 aliphatic carbocycles. The largest absolute Gasteiger partial charge is 0.455 e. The molecule has 0 radical (unpaired) electrons. The summed E-state index contributed by atoms with van der Waals surface area (Å²) in [6, 6.07) is 45.6. The lowest BCUT2D eigenvalue weighted by Crippen LogP contribution is -1.99. The van der Waals surface area contributed by atoms with Crippen LogP contribution in [0.4, 0.5) is 0 Å². The van der Waals surface area contributed by atoms with Crippen molar-refractivity contribution >= 4 is 43.7 Å². The zero-order valence-corrected chi connectivity index (χ0v) is 23.6. The van der Waals surface area contributed by atoms with E-state index in [-0.39, 0.29) is 0 Å². The second kappa shape index (κ2) is 9.75. The number of nitrogens with zero attached hydrogens (tertiary/aromatic N) is 4. The summed E-state index contributed by atoms with van der Waals surface area (Å²) < 4.78 is 8.61. The molecule has 5 heteroatoms. The summed E-state index contributed by atoms with van der Waals surface area (Å²) in [4.78, 5) is 14.9. The van der Waals surface area contributed by atoms with Gasteiger partial charge in [0.25, 0.3) is 0 Å². The summed E-state index contributed by atoms with van der Waals surface area (Å²) in [6.45, 7) is 0. The molecule has 0 atom stereocenters. The van der Waals surface area contributed by atoms with Crippen LogP contribution in [0.25, 0.3) is 83.3 Å². The minimum atomic E-state index is 0.746. The number of aromatic nitrogens is 4. The maximum Gasteiger partial charge on any atom is 0.156 e. The van der Waals surface area contributed by atoms with Gasteiger partial charge in [-0.2, -0.15) is 0 Å². The molecule has 0 N–H and O–H groups in total. The summed E-state index contributed by atoms with van der Waals surface area (Å²) in [5.41, 5.74) is 9.50. The highest BCUT2D eigenvalue weighted by atomic mass is 16.3. The van der Waals surface area contributed by atoms with Crippen LogP contribution in [0.3, 0.4) is 0 Å². The minimum absolute atomic E-state index is 0.746. The molecular weight excluding hydrogens is 540 g/mol. The van der Waals surface area contributed by atoms with Gasteiger partial charge in [0.2, 0.25) is 0 Å². The van der Waals surface area contributed by atoms with E-state index in [9.17, 15) is 0 Å². The first kappa shape index (κ1) is 24.5. The van der Waals surface area contributed by atoms with Crippen molar-refractivity contribution in [3.8, 4) is 39.6 Å². The van der Waals surface area contributed by atoms with Crippen LogP contribution in [-0.4, -0.2) is 19.5 Å². The van der Waals surface area contributed by atoms with Crippen LogP contribution in [-0.2, 0) is 0 Å². The van der Waals surface area contributed by atoms with Gasteiger partial charge in [-0.25, -0.2) is 9.97 Å². The molecule has 4 aromatic heterocycles. The van der Waals surface area contributed by atoms with Crippen molar-refractivity contribution in [2.45, 2.75) is 0 Å². The monoisotopic (exact) mass is 564 g/mol. The molecule has 4 heterocycles. The van der Waals surface area contributed by atoms with Crippen molar-refractivity contribution in [1.82, 2.24) is 19.5 Å². The Morgan fingerprint density at radius 1 is 0.477 bits per heavy atom. The number of para-hydroxylation sites is 2. The standard InChI is InChI=1S/C39H24N4O/c1-3-11-25(12-4-1)31-21-27(22-32(42-31)26-13-5-2-6-14-26)33-23-41-37(24-40-33)43-34-17-9-7-16-30(34)38-35(43)20-19-29-28-15-8-10-18-36(28)44-39(29)38/h1-24H. The Bertz CT molecular complexity index is 2420. The fraction of sp³-hybridized carbons (Fsp3) is 0. The van der Waals surface area contributed by atoms with Gasteiger partial charge >= 0.3 is 0 Å². The van der Waals surface area contributed by atoms with Gasteiger partial charge in [-0.05, 0) is 36.4 Å². The molecule has 0 fully saturated rings. The van der Waals surface area contributed by atoms with E-state index in [4.69, 9.17) is 19.4 Å². The third-order valence-corrected chi connectivity index (χ3v) is 8.31. The first-order valence-electron chi connectivity index (χ1n) is 14.6. The lowest BCUT2D eigenvalue weighted by Gasteiger charge is -2.11. The van der Waals surface area contributed by atoms with Crippen LogP contribution < -0.4 is 0 Å². The van der Waals surface area contributed by atoms with Gasteiger partial charge in [0.15, 0.2) is 5.82 Å². The van der Waals surface area contributed by atoms with Crippen LogP contribution in [0.2, 0.25) is 0 Å². The smallest absolute Gasteiger partial charge is 0.156 e. The topological polar surface area (TPSA) is 56.7 Å². The van der Waals surface area contributed by atoms with E-state index in [0.717, 1.165) is 83.3 Å². The number of benzene rings is 5. The SMILES string of the molecule is c1ccc(-c2cc(-c3cnc(-n4c5ccccc5c5c6oc7ccccc7c6ccc54)cn3)cc(-c3ccccc3)n2)cc1. The van der Waals surface area contributed by atoms with E-state index in [1.54, 1.807) is 0 Å². The predicted octanol–water partition coefficient (Wildman–Crippen LogP) is 9.87. The Labute approximate surface area is 252 Å². The Morgan fingerprint density at radius 2 is 1.14 bits per heavy atom. The average Bonchev–Trinajstić information content (AvgIpc) is 3.65. The second-order valence-electron chi connectivity index (χ2n) is 10.9. The molecular formula is C39H24N4O. The highest BCUT2D eigenvalue weighted by molar-refractivity contribution is 6.23. The molecule has 206 valence electrons. The number of rotatable bonds is 4. The quantitative estimate of drug-likeness (QED) is 0.213. The summed E-state index contributed by atoms with van der Waals surface area (Å²) in [5.74, 6) is 0.746. The molecule has 5 aromatic carbocycles. The average molecular weight is 565 g/mol. The van der Waals surface area contributed by atoms with E-state index in [1.807, 2.05) is 60.9 Å². The molecule has 0 saturated heterocycles.